The smallest absolute Gasteiger partial charge is 0.187 e. The second-order valence-electron chi connectivity index (χ2n) is 4.87. The van der Waals surface area contributed by atoms with Gasteiger partial charge >= 0.3 is 0 Å². The molecule has 0 aromatic carbocycles. The summed E-state index contributed by atoms with van der Waals surface area (Å²) in [5.41, 5.74) is 2.58. The Bertz CT molecular complexity index is 593. The number of aryl methyl sites for hydroxylation is 2. The van der Waals surface area contributed by atoms with E-state index >= 15 is 0 Å². The van der Waals surface area contributed by atoms with E-state index in [1.807, 2.05) is 19.9 Å². The van der Waals surface area contributed by atoms with Gasteiger partial charge in [0.1, 0.15) is 6.54 Å². The first-order chi connectivity index (χ1) is 8.63. The van der Waals surface area contributed by atoms with Crippen LogP contribution in [-0.2, 0) is 6.54 Å². The molecule has 1 aliphatic carbocycles. The minimum absolute atomic E-state index is 0.0107. The van der Waals surface area contributed by atoms with E-state index in [2.05, 4.69) is 20.4 Å². The number of nitrogens with zero attached hydrogens (tertiary/aromatic N) is 4. The van der Waals surface area contributed by atoms with Crippen molar-refractivity contribution in [2.45, 2.75) is 39.2 Å². The number of carbonyl (C=O) groups excluding carboxylic acids is 1. The van der Waals surface area contributed by atoms with Crippen molar-refractivity contribution < 1.29 is 4.79 Å². The Kier molecular flexibility index (Phi) is 2.50. The molecule has 0 unspecified atom stereocenters. The maximum atomic E-state index is 12.1. The topological polar surface area (TPSA) is 76.5 Å². The standard InChI is InChI=1S/C12H15N5O/c1-7-5-10(8(2)13-7)11(18)6-17-15-12(14-16-17)9-3-4-9/h5,9,13H,3-4,6H2,1-2H3. The quantitative estimate of drug-likeness (QED) is 0.825. The van der Waals surface area contributed by atoms with E-state index in [-0.39, 0.29) is 12.3 Å². The van der Waals surface area contributed by atoms with E-state index in [0.29, 0.717) is 11.5 Å². The largest absolute Gasteiger partial charge is 0.362 e. The van der Waals surface area contributed by atoms with Gasteiger partial charge in [-0.25, -0.2) is 0 Å². The number of Topliss-reactive ketones (excluding diaryl/α,β-unsaturated/α-hetero) is 1. The molecule has 0 saturated heterocycles. The molecule has 0 atom stereocenters. The number of nitrogens with one attached hydrogen (secondary N) is 1. The zero-order chi connectivity index (χ0) is 12.7. The fraction of sp³-hybridized carbons (Fsp3) is 0.500. The molecule has 6 heteroatoms. The maximum absolute atomic E-state index is 12.1. The van der Waals surface area contributed by atoms with Crippen LogP contribution in [0.4, 0.5) is 0 Å². The summed E-state index contributed by atoms with van der Waals surface area (Å²) < 4.78 is 0. The highest BCUT2D eigenvalue weighted by atomic mass is 16.1. The van der Waals surface area contributed by atoms with Gasteiger partial charge in [-0.3, -0.25) is 4.79 Å². The fourth-order valence-electron chi connectivity index (χ4n) is 2.05. The van der Waals surface area contributed by atoms with Gasteiger partial charge in [-0.15, -0.1) is 10.2 Å². The van der Waals surface area contributed by atoms with Gasteiger partial charge in [0.15, 0.2) is 11.6 Å². The molecule has 6 nitrogen and oxygen atoms in total. The minimum atomic E-state index is 0.0107. The van der Waals surface area contributed by atoms with E-state index in [9.17, 15) is 4.79 Å². The lowest BCUT2D eigenvalue weighted by atomic mass is 10.1. The molecular formula is C12H15N5O. The summed E-state index contributed by atoms with van der Waals surface area (Å²) in [4.78, 5) is 16.6. The molecule has 0 spiro atoms. The zero-order valence-corrected chi connectivity index (χ0v) is 10.5. The highest BCUT2D eigenvalue weighted by molar-refractivity contribution is 5.97. The van der Waals surface area contributed by atoms with Crippen LogP contribution in [0.5, 0.6) is 0 Å². The second kappa shape index (κ2) is 4.04. The zero-order valence-electron chi connectivity index (χ0n) is 10.5. The van der Waals surface area contributed by atoms with E-state index in [4.69, 9.17) is 0 Å². The molecule has 94 valence electrons. The van der Waals surface area contributed by atoms with Crippen LogP contribution in [0.25, 0.3) is 0 Å². The molecule has 0 bridgehead atoms. The minimum Gasteiger partial charge on any atom is -0.362 e. The van der Waals surface area contributed by atoms with Crippen LogP contribution in [0.1, 0.15) is 46.3 Å². The molecule has 2 aromatic heterocycles. The van der Waals surface area contributed by atoms with Crippen LogP contribution in [0.2, 0.25) is 0 Å². The predicted molar refractivity (Wildman–Crippen MR) is 64.4 cm³/mol. The van der Waals surface area contributed by atoms with Crippen LogP contribution >= 0.6 is 0 Å². The Morgan fingerprint density at radius 3 is 2.89 bits per heavy atom. The first kappa shape index (κ1) is 11.1. The van der Waals surface area contributed by atoms with Crippen molar-refractivity contribution in [1.29, 1.82) is 0 Å². The lowest BCUT2D eigenvalue weighted by Gasteiger charge is -1.98. The van der Waals surface area contributed by atoms with Gasteiger partial charge in [0.05, 0.1) is 0 Å². The molecule has 0 aliphatic heterocycles. The maximum Gasteiger partial charge on any atom is 0.187 e. The van der Waals surface area contributed by atoms with Crippen molar-refractivity contribution >= 4 is 5.78 Å². The Hall–Kier alpha value is -1.98. The monoisotopic (exact) mass is 245 g/mol. The van der Waals surface area contributed by atoms with E-state index < -0.39 is 0 Å². The van der Waals surface area contributed by atoms with Crippen molar-refractivity contribution in [1.82, 2.24) is 25.2 Å². The molecular weight excluding hydrogens is 230 g/mol. The number of aromatic amines is 1. The van der Waals surface area contributed by atoms with Crippen LogP contribution in [0.15, 0.2) is 6.07 Å². The number of aromatic nitrogens is 5. The van der Waals surface area contributed by atoms with Gasteiger partial charge in [0.25, 0.3) is 0 Å². The lowest BCUT2D eigenvalue weighted by Crippen LogP contribution is -2.13. The number of hydrogen-bond acceptors (Lipinski definition) is 4. The third kappa shape index (κ3) is 2.05. The number of H-pyrrole nitrogens is 1. The first-order valence-corrected chi connectivity index (χ1v) is 6.10. The van der Waals surface area contributed by atoms with Gasteiger partial charge in [0, 0.05) is 22.9 Å². The highest BCUT2D eigenvalue weighted by Gasteiger charge is 2.28. The third-order valence-corrected chi connectivity index (χ3v) is 3.15. The lowest BCUT2D eigenvalue weighted by molar-refractivity contribution is 0.0961. The molecule has 18 heavy (non-hydrogen) atoms. The third-order valence-electron chi connectivity index (χ3n) is 3.15. The predicted octanol–water partition coefficient (Wildman–Crippen LogP) is 1.38. The summed E-state index contributed by atoms with van der Waals surface area (Å²) in [5, 5.41) is 12.1. The first-order valence-electron chi connectivity index (χ1n) is 6.10. The van der Waals surface area contributed by atoms with Crippen molar-refractivity contribution in [2.75, 3.05) is 0 Å². The van der Waals surface area contributed by atoms with E-state index in [0.717, 1.165) is 30.1 Å². The van der Waals surface area contributed by atoms with Gasteiger partial charge in [0.2, 0.25) is 0 Å². The van der Waals surface area contributed by atoms with Crippen LogP contribution in [0.3, 0.4) is 0 Å². The molecule has 1 fully saturated rings. The Morgan fingerprint density at radius 2 is 2.28 bits per heavy atom. The highest BCUT2D eigenvalue weighted by Crippen LogP contribution is 2.37. The van der Waals surface area contributed by atoms with Crippen molar-refractivity contribution in [2.24, 2.45) is 0 Å². The number of tetrazole rings is 1. The molecule has 2 aromatic rings. The number of carbonyl (C=O) groups is 1. The second-order valence-corrected chi connectivity index (χ2v) is 4.87. The molecule has 1 N–H and O–H groups in total. The molecule has 0 amide bonds. The Labute approximate surface area is 104 Å². The van der Waals surface area contributed by atoms with Crippen molar-refractivity contribution in [3.63, 3.8) is 0 Å². The normalized spacial score (nSPS) is 15.0. The Balaban J connectivity index is 1.74. The summed E-state index contributed by atoms with van der Waals surface area (Å²) in [6.07, 6.45) is 2.27. The van der Waals surface area contributed by atoms with Gasteiger partial charge in [-0.05, 0) is 38.0 Å². The summed E-state index contributed by atoms with van der Waals surface area (Å²) in [6, 6.07) is 1.86. The average molecular weight is 245 g/mol. The van der Waals surface area contributed by atoms with Crippen molar-refractivity contribution in [3.8, 4) is 0 Å². The molecule has 1 saturated carbocycles. The summed E-state index contributed by atoms with van der Waals surface area (Å²) in [6.45, 7) is 3.98. The van der Waals surface area contributed by atoms with E-state index in [1.165, 1.54) is 4.80 Å². The molecule has 0 radical (unpaired) electrons. The van der Waals surface area contributed by atoms with Crippen LogP contribution in [0, 0.1) is 13.8 Å². The van der Waals surface area contributed by atoms with Crippen molar-refractivity contribution in [3.05, 3.63) is 28.8 Å². The van der Waals surface area contributed by atoms with E-state index in [1.54, 1.807) is 0 Å². The summed E-state index contributed by atoms with van der Waals surface area (Å²) in [5.74, 6) is 1.24. The van der Waals surface area contributed by atoms with Gasteiger partial charge in [-0.1, -0.05) is 0 Å². The summed E-state index contributed by atoms with van der Waals surface area (Å²) in [7, 11) is 0. The van der Waals surface area contributed by atoms with Gasteiger partial charge in [-0.2, -0.15) is 4.80 Å². The van der Waals surface area contributed by atoms with Crippen LogP contribution < -0.4 is 0 Å². The molecule has 1 aliphatic rings. The van der Waals surface area contributed by atoms with Gasteiger partial charge < -0.3 is 4.98 Å². The van der Waals surface area contributed by atoms with Crippen LogP contribution in [-0.4, -0.2) is 31.0 Å². The molecule has 2 heterocycles. The number of ketones is 1. The Morgan fingerprint density at radius 1 is 1.50 bits per heavy atom. The SMILES string of the molecule is Cc1cc(C(=O)Cn2nnc(C3CC3)n2)c(C)[nH]1. The summed E-state index contributed by atoms with van der Waals surface area (Å²) >= 11 is 0. The molecule has 3 rings (SSSR count). The average Bonchev–Trinajstić information content (AvgIpc) is 2.97. The number of hydrogen-bond donors (Lipinski definition) is 1. The number of rotatable bonds is 4. The fourth-order valence-corrected chi connectivity index (χ4v) is 2.05.